The van der Waals surface area contributed by atoms with E-state index in [0.717, 1.165) is 0 Å². The number of thioether (sulfide) groups is 1. The maximum atomic E-state index is 12.7. The first kappa shape index (κ1) is 30.1. The average molecular weight is 495 g/mol. The van der Waals surface area contributed by atoms with Crippen LogP contribution in [0.15, 0.2) is 0 Å². The van der Waals surface area contributed by atoms with Gasteiger partial charge in [-0.2, -0.15) is 11.8 Å². The van der Waals surface area contributed by atoms with Gasteiger partial charge in [0, 0.05) is 6.42 Å². The van der Waals surface area contributed by atoms with Crippen molar-refractivity contribution in [3.8, 4) is 0 Å². The second-order valence-electron chi connectivity index (χ2n) is 7.10. The number of aliphatic carboxylic acids is 3. The molecular formula is C18H30N4O10S. The van der Waals surface area contributed by atoms with Crippen LogP contribution in [-0.2, 0) is 28.8 Å². The maximum Gasteiger partial charge on any atom is 0.326 e. The lowest BCUT2D eigenvalue weighted by molar-refractivity contribution is -0.144. The molecule has 0 aromatic carbocycles. The minimum Gasteiger partial charge on any atom is -0.481 e. The number of carbonyl (C=O) groups excluding carboxylic acids is 3. The van der Waals surface area contributed by atoms with Gasteiger partial charge in [0.15, 0.2) is 0 Å². The summed E-state index contributed by atoms with van der Waals surface area (Å²) >= 11 is 1.35. The van der Waals surface area contributed by atoms with Crippen LogP contribution in [-0.4, -0.2) is 98.3 Å². The molecule has 0 saturated carbocycles. The maximum absolute atomic E-state index is 12.7. The molecule has 5 unspecified atom stereocenters. The molecule has 0 aliphatic rings. The Morgan fingerprint density at radius 3 is 1.79 bits per heavy atom. The van der Waals surface area contributed by atoms with E-state index in [1.807, 2.05) is 5.32 Å². The largest absolute Gasteiger partial charge is 0.481 e. The summed E-state index contributed by atoms with van der Waals surface area (Å²) in [5, 5.41) is 42.9. The minimum atomic E-state index is -1.71. The van der Waals surface area contributed by atoms with Gasteiger partial charge >= 0.3 is 17.9 Å². The van der Waals surface area contributed by atoms with E-state index in [1.54, 1.807) is 6.26 Å². The Bertz CT molecular complexity index is 733. The SMILES string of the molecule is CSCCC(NC(=O)C(N)C(C)O)C(=O)NC(CC(=O)O)C(=O)NC(CCC(=O)O)C(=O)O. The third-order valence-electron chi connectivity index (χ3n) is 4.34. The number of aliphatic hydroxyl groups is 1. The first-order valence-electron chi connectivity index (χ1n) is 9.80. The first-order chi connectivity index (χ1) is 15.3. The lowest BCUT2D eigenvalue weighted by atomic mass is 10.1. The number of amides is 3. The molecule has 0 aromatic rings. The van der Waals surface area contributed by atoms with Crippen molar-refractivity contribution in [3.63, 3.8) is 0 Å². The van der Waals surface area contributed by atoms with Crippen LogP contribution in [0.5, 0.6) is 0 Å². The number of aliphatic hydroxyl groups excluding tert-OH is 1. The molecule has 0 aromatic heterocycles. The molecule has 0 spiro atoms. The number of nitrogens with one attached hydrogen (secondary N) is 3. The molecule has 33 heavy (non-hydrogen) atoms. The number of carbonyl (C=O) groups is 6. The smallest absolute Gasteiger partial charge is 0.326 e. The summed E-state index contributed by atoms with van der Waals surface area (Å²) in [7, 11) is 0. The summed E-state index contributed by atoms with van der Waals surface area (Å²) in [4.78, 5) is 70.5. The van der Waals surface area contributed by atoms with Gasteiger partial charge in [0.25, 0.3) is 0 Å². The van der Waals surface area contributed by atoms with Gasteiger partial charge in [-0.25, -0.2) is 4.79 Å². The number of hydrogen-bond acceptors (Lipinski definition) is 9. The molecule has 0 rings (SSSR count). The number of hydrogen-bond donors (Lipinski definition) is 8. The van der Waals surface area contributed by atoms with Gasteiger partial charge in [0.05, 0.1) is 12.5 Å². The van der Waals surface area contributed by atoms with Crippen LogP contribution in [0.2, 0.25) is 0 Å². The fraction of sp³-hybridized carbons (Fsp3) is 0.667. The van der Waals surface area contributed by atoms with Gasteiger partial charge in [0.1, 0.15) is 24.2 Å². The number of carboxylic acids is 3. The van der Waals surface area contributed by atoms with E-state index in [1.165, 1.54) is 18.7 Å². The summed E-state index contributed by atoms with van der Waals surface area (Å²) in [6, 6.07) is -5.89. The molecule has 0 fully saturated rings. The molecule has 14 nitrogen and oxygen atoms in total. The van der Waals surface area contributed by atoms with E-state index in [2.05, 4.69) is 10.6 Å². The molecule has 0 heterocycles. The van der Waals surface area contributed by atoms with E-state index in [4.69, 9.17) is 21.1 Å². The van der Waals surface area contributed by atoms with Crippen molar-refractivity contribution < 1.29 is 49.2 Å². The monoisotopic (exact) mass is 494 g/mol. The van der Waals surface area contributed by atoms with E-state index in [9.17, 15) is 33.9 Å². The second kappa shape index (κ2) is 15.0. The molecule has 0 aliphatic carbocycles. The molecule has 0 radical (unpaired) electrons. The standard InChI is InChI=1S/C18H30N4O10S/c1-8(23)14(19)17(30)20-9(5-6-33-2)15(28)22-11(7-13(26)27)16(29)21-10(18(31)32)3-4-12(24)25/h8-11,14,23H,3-7,19H2,1-2H3,(H,20,30)(H,21,29)(H,22,28)(H,24,25)(H,26,27)(H,31,32). The fourth-order valence-corrected chi connectivity index (χ4v) is 2.92. The van der Waals surface area contributed by atoms with Crippen LogP contribution in [0.1, 0.15) is 32.6 Å². The highest BCUT2D eigenvalue weighted by Crippen LogP contribution is 2.05. The second-order valence-corrected chi connectivity index (χ2v) is 8.09. The van der Waals surface area contributed by atoms with Crippen molar-refractivity contribution in [2.24, 2.45) is 5.73 Å². The predicted octanol–water partition coefficient (Wildman–Crippen LogP) is -2.67. The van der Waals surface area contributed by atoms with Crippen molar-refractivity contribution in [1.29, 1.82) is 0 Å². The van der Waals surface area contributed by atoms with Crippen molar-refractivity contribution >= 4 is 47.4 Å². The molecule has 188 valence electrons. The van der Waals surface area contributed by atoms with Gasteiger partial charge in [-0.15, -0.1) is 0 Å². The van der Waals surface area contributed by atoms with Crippen LogP contribution in [0.3, 0.4) is 0 Å². The Balaban J connectivity index is 5.49. The fourth-order valence-electron chi connectivity index (χ4n) is 2.45. The number of nitrogens with two attached hydrogens (primary N) is 1. The average Bonchev–Trinajstić information content (AvgIpc) is 2.71. The lowest BCUT2D eigenvalue weighted by Crippen LogP contribution is -2.58. The zero-order valence-corrected chi connectivity index (χ0v) is 19.0. The zero-order chi connectivity index (χ0) is 25.7. The normalized spacial score (nSPS) is 15.3. The van der Waals surface area contributed by atoms with E-state index >= 15 is 0 Å². The molecule has 5 atom stereocenters. The van der Waals surface area contributed by atoms with Gasteiger partial charge in [-0.05, 0) is 31.8 Å². The highest BCUT2D eigenvalue weighted by molar-refractivity contribution is 7.98. The third kappa shape index (κ3) is 12.1. The summed E-state index contributed by atoms with van der Waals surface area (Å²) in [6.07, 6.45) is -1.32. The number of rotatable bonds is 16. The first-order valence-corrected chi connectivity index (χ1v) is 11.2. The van der Waals surface area contributed by atoms with Crippen molar-refractivity contribution in [2.75, 3.05) is 12.0 Å². The summed E-state index contributed by atoms with van der Waals surface area (Å²) in [5.41, 5.74) is 5.55. The highest BCUT2D eigenvalue weighted by atomic mass is 32.2. The lowest BCUT2D eigenvalue weighted by Gasteiger charge is -2.25. The van der Waals surface area contributed by atoms with Crippen LogP contribution in [0.4, 0.5) is 0 Å². The van der Waals surface area contributed by atoms with Crippen LogP contribution < -0.4 is 21.7 Å². The summed E-state index contributed by atoms with van der Waals surface area (Å²) in [5.74, 6) is -6.84. The zero-order valence-electron chi connectivity index (χ0n) is 18.1. The minimum absolute atomic E-state index is 0.0864. The van der Waals surface area contributed by atoms with Gasteiger partial charge < -0.3 is 42.1 Å². The molecule has 15 heteroatoms. The van der Waals surface area contributed by atoms with E-state index in [0.29, 0.717) is 5.75 Å². The van der Waals surface area contributed by atoms with Crippen LogP contribution in [0, 0.1) is 0 Å². The molecule has 0 bridgehead atoms. The van der Waals surface area contributed by atoms with E-state index in [-0.39, 0.29) is 6.42 Å². The van der Waals surface area contributed by atoms with Gasteiger partial charge in [0.2, 0.25) is 17.7 Å². The Hall–Kier alpha value is -2.91. The van der Waals surface area contributed by atoms with Crippen molar-refractivity contribution in [1.82, 2.24) is 16.0 Å². The Labute approximate surface area is 193 Å². The predicted molar refractivity (Wildman–Crippen MR) is 115 cm³/mol. The summed E-state index contributed by atoms with van der Waals surface area (Å²) in [6.45, 7) is 1.28. The quantitative estimate of drug-likeness (QED) is 0.109. The van der Waals surface area contributed by atoms with Gasteiger partial charge in [-0.3, -0.25) is 24.0 Å². The highest BCUT2D eigenvalue weighted by Gasteiger charge is 2.32. The number of carboxylic acid groups (broad SMARTS) is 3. The topological polar surface area (TPSA) is 245 Å². The molecule has 0 aliphatic heterocycles. The Morgan fingerprint density at radius 1 is 0.818 bits per heavy atom. The molecule has 0 saturated heterocycles. The molecule has 9 N–H and O–H groups in total. The Kier molecular flexibility index (Phi) is 13.7. The molecule has 3 amide bonds. The van der Waals surface area contributed by atoms with Crippen molar-refractivity contribution in [2.45, 2.75) is 62.9 Å². The summed E-state index contributed by atoms with van der Waals surface area (Å²) < 4.78 is 0. The van der Waals surface area contributed by atoms with Crippen molar-refractivity contribution in [3.05, 3.63) is 0 Å². The van der Waals surface area contributed by atoms with Crippen LogP contribution in [0.25, 0.3) is 0 Å². The van der Waals surface area contributed by atoms with Gasteiger partial charge in [-0.1, -0.05) is 0 Å². The van der Waals surface area contributed by atoms with E-state index < -0.39 is 85.2 Å². The third-order valence-corrected chi connectivity index (χ3v) is 4.98. The molecular weight excluding hydrogens is 464 g/mol. The van der Waals surface area contributed by atoms with Crippen LogP contribution >= 0.6 is 11.8 Å². The Morgan fingerprint density at radius 2 is 1.33 bits per heavy atom.